The Bertz CT molecular complexity index is 2960. The SMILES string of the molecule is CC1(C)c2ccccc2-c2ccc(-c3ccc4c(c3)[Si](C)(C)c3c5c(c6ccccc6c3-4)-c3ccc(-c4ccc6c(c4)C(C)(C)c4ccccc4-6)cc3[Si]5(C)C)cc21. The zero-order valence-corrected chi connectivity index (χ0v) is 36.9. The predicted molar refractivity (Wildman–Crippen MR) is 254 cm³/mol. The van der Waals surface area contributed by atoms with Gasteiger partial charge in [0.1, 0.15) is 16.1 Å². The molecule has 8 aromatic carbocycles. The number of benzene rings is 8. The lowest BCUT2D eigenvalue weighted by atomic mass is 9.81. The van der Waals surface area contributed by atoms with Gasteiger partial charge in [0, 0.05) is 10.8 Å². The summed E-state index contributed by atoms with van der Waals surface area (Å²) in [6.45, 7) is 20.1. The van der Waals surface area contributed by atoms with Crippen LogP contribution in [0.1, 0.15) is 49.9 Å². The third-order valence-electron chi connectivity index (χ3n) is 15.2. The summed E-state index contributed by atoms with van der Waals surface area (Å²) in [5.74, 6) is 0. The smallest absolute Gasteiger partial charge is 0.0619 e. The Morgan fingerprint density at radius 2 is 0.655 bits per heavy atom. The Labute approximate surface area is 345 Å². The summed E-state index contributed by atoms with van der Waals surface area (Å²) in [6, 6.07) is 56.8. The van der Waals surface area contributed by atoms with Crippen LogP contribution >= 0.6 is 0 Å². The molecule has 0 radical (unpaired) electrons. The van der Waals surface area contributed by atoms with Gasteiger partial charge in [0.15, 0.2) is 0 Å². The normalized spacial score (nSPS) is 17.2. The van der Waals surface area contributed by atoms with Gasteiger partial charge in [-0.2, -0.15) is 0 Å². The van der Waals surface area contributed by atoms with E-state index in [-0.39, 0.29) is 10.8 Å². The van der Waals surface area contributed by atoms with E-state index in [9.17, 15) is 0 Å². The Morgan fingerprint density at radius 3 is 1.07 bits per heavy atom. The Morgan fingerprint density at radius 1 is 0.328 bits per heavy atom. The van der Waals surface area contributed by atoms with Gasteiger partial charge in [-0.15, -0.1) is 0 Å². The second-order valence-corrected chi connectivity index (χ2v) is 28.3. The van der Waals surface area contributed by atoms with Crippen molar-refractivity contribution in [1.82, 2.24) is 0 Å². The summed E-state index contributed by atoms with van der Waals surface area (Å²) in [4.78, 5) is 0. The molecule has 280 valence electrons. The van der Waals surface area contributed by atoms with Crippen LogP contribution in [0.25, 0.3) is 77.5 Å². The molecule has 0 bridgehead atoms. The Hall–Kier alpha value is -5.55. The molecule has 12 rings (SSSR count). The van der Waals surface area contributed by atoms with Crippen molar-refractivity contribution >= 4 is 47.7 Å². The van der Waals surface area contributed by atoms with Crippen molar-refractivity contribution in [2.75, 3.05) is 0 Å². The van der Waals surface area contributed by atoms with E-state index >= 15 is 0 Å². The van der Waals surface area contributed by atoms with Gasteiger partial charge < -0.3 is 0 Å². The quantitative estimate of drug-likeness (QED) is 0.153. The third-order valence-corrected chi connectivity index (χ3v) is 22.5. The standard InChI is InChI=1S/C56H48Si2/c1-55(2)45-19-13-11-15-37(45)39-25-21-33(29-47(39)55)35-23-27-43-49(31-35)57(5,6)53-51(43)41-17-9-10-18-42(41)52-44-28-24-36(32-50(44)58(7,8)54(52)53)34-22-26-40-38-16-12-14-20-46(38)56(3,4)48(40)30-34/h9-32H,1-8H3. The maximum atomic E-state index is 2.64. The first kappa shape index (κ1) is 34.5. The second kappa shape index (κ2) is 11.1. The van der Waals surface area contributed by atoms with Crippen molar-refractivity contribution in [3.05, 3.63) is 168 Å². The molecule has 2 aliphatic carbocycles. The van der Waals surface area contributed by atoms with Crippen LogP contribution in [0.3, 0.4) is 0 Å². The molecule has 58 heavy (non-hydrogen) atoms. The minimum Gasteiger partial charge on any atom is -0.0619 e. The largest absolute Gasteiger partial charge is 0.113 e. The first-order valence-corrected chi connectivity index (χ1v) is 27.2. The zero-order valence-electron chi connectivity index (χ0n) is 34.9. The molecule has 0 spiro atoms. The van der Waals surface area contributed by atoms with Crippen LogP contribution in [0.2, 0.25) is 26.2 Å². The lowest BCUT2D eigenvalue weighted by molar-refractivity contribution is 0.660. The molecule has 0 saturated carbocycles. The predicted octanol–water partition coefficient (Wildman–Crippen LogP) is 12.4. The second-order valence-electron chi connectivity index (χ2n) is 19.7. The van der Waals surface area contributed by atoms with E-state index in [1.54, 1.807) is 20.7 Å². The number of hydrogen-bond acceptors (Lipinski definition) is 0. The van der Waals surface area contributed by atoms with E-state index in [1.165, 1.54) is 99.8 Å². The highest BCUT2D eigenvalue weighted by Crippen LogP contribution is 2.51. The highest BCUT2D eigenvalue weighted by molar-refractivity contribution is 7.13. The lowest BCUT2D eigenvalue weighted by Crippen LogP contribution is -2.63. The highest BCUT2D eigenvalue weighted by Gasteiger charge is 2.49. The van der Waals surface area contributed by atoms with Crippen LogP contribution in [0, 0.1) is 0 Å². The van der Waals surface area contributed by atoms with Gasteiger partial charge in [-0.25, -0.2) is 0 Å². The fourth-order valence-electron chi connectivity index (χ4n) is 12.2. The maximum Gasteiger partial charge on any atom is 0.113 e. The van der Waals surface area contributed by atoms with Crippen LogP contribution in [0.5, 0.6) is 0 Å². The van der Waals surface area contributed by atoms with Gasteiger partial charge in [0.25, 0.3) is 0 Å². The molecule has 2 heteroatoms. The molecule has 0 saturated heterocycles. The first-order valence-electron chi connectivity index (χ1n) is 21.2. The third kappa shape index (κ3) is 4.20. The van der Waals surface area contributed by atoms with E-state index in [0.29, 0.717) is 0 Å². The molecule has 0 amide bonds. The van der Waals surface area contributed by atoms with Crippen molar-refractivity contribution < 1.29 is 0 Å². The summed E-state index contributed by atoms with van der Waals surface area (Å²) in [5.41, 5.74) is 22.5. The van der Waals surface area contributed by atoms with Gasteiger partial charge in [0.2, 0.25) is 0 Å². The van der Waals surface area contributed by atoms with Gasteiger partial charge in [-0.3, -0.25) is 0 Å². The molecule has 0 aromatic heterocycles. The summed E-state index contributed by atoms with van der Waals surface area (Å²) in [5, 5.41) is 9.41. The average molecular weight is 777 g/mol. The molecule has 2 aliphatic heterocycles. The summed E-state index contributed by atoms with van der Waals surface area (Å²) >= 11 is 0. The zero-order chi connectivity index (χ0) is 39.7. The van der Waals surface area contributed by atoms with Crippen LogP contribution in [0.4, 0.5) is 0 Å². The highest BCUT2D eigenvalue weighted by atomic mass is 28.3. The number of fused-ring (bicyclic) bond motifs is 16. The Kier molecular flexibility index (Phi) is 6.62. The fourth-order valence-corrected chi connectivity index (χ4v) is 20.7. The molecule has 0 nitrogen and oxygen atoms in total. The molecular formula is C56H48Si2. The monoisotopic (exact) mass is 776 g/mol. The number of rotatable bonds is 2. The molecule has 0 unspecified atom stereocenters. The van der Waals surface area contributed by atoms with Crippen LogP contribution in [0.15, 0.2) is 146 Å². The minimum absolute atomic E-state index is 0.0174. The molecule has 8 aromatic rings. The van der Waals surface area contributed by atoms with Crippen LogP contribution < -0.4 is 20.7 Å². The van der Waals surface area contributed by atoms with Crippen LogP contribution in [-0.4, -0.2) is 16.1 Å². The minimum atomic E-state index is -2.15. The molecule has 0 atom stereocenters. The van der Waals surface area contributed by atoms with Gasteiger partial charge in [0.05, 0.1) is 0 Å². The van der Waals surface area contributed by atoms with Crippen molar-refractivity contribution in [2.24, 2.45) is 0 Å². The van der Waals surface area contributed by atoms with E-state index < -0.39 is 16.1 Å². The van der Waals surface area contributed by atoms with Crippen molar-refractivity contribution in [3.63, 3.8) is 0 Å². The van der Waals surface area contributed by atoms with Crippen molar-refractivity contribution in [2.45, 2.75) is 64.7 Å². The van der Waals surface area contributed by atoms with Gasteiger partial charge in [-0.05, 0) is 133 Å². The topological polar surface area (TPSA) is 0 Å². The van der Waals surface area contributed by atoms with E-state index in [1.807, 2.05) is 0 Å². The van der Waals surface area contributed by atoms with Crippen molar-refractivity contribution in [3.8, 4) is 66.8 Å². The lowest BCUT2D eigenvalue weighted by Gasteiger charge is -2.29. The Balaban J connectivity index is 1.00. The molecule has 0 N–H and O–H groups in total. The first-order chi connectivity index (χ1) is 27.8. The molecule has 2 heterocycles. The fraction of sp³-hybridized carbons (Fsp3) is 0.179. The van der Waals surface area contributed by atoms with E-state index in [2.05, 4.69) is 199 Å². The van der Waals surface area contributed by atoms with Gasteiger partial charge in [-0.1, -0.05) is 187 Å². The molecular weight excluding hydrogens is 729 g/mol. The van der Waals surface area contributed by atoms with Crippen LogP contribution in [-0.2, 0) is 10.8 Å². The molecule has 4 aliphatic rings. The van der Waals surface area contributed by atoms with E-state index in [4.69, 9.17) is 0 Å². The van der Waals surface area contributed by atoms with E-state index in [0.717, 1.165) is 0 Å². The molecule has 0 fully saturated rings. The summed E-state index contributed by atoms with van der Waals surface area (Å²) in [7, 11) is -4.30. The number of hydrogen-bond donors (Lipinski definition) is 0. The summed E-state index contributed by atoms with van der Waals surface area (Å²) < 4.78 is 0. The maximum absolute atomic E-state index is 2.64. The van der Waals surface area contributed by atoms with Gasteiger partial charge >= 0.3 is 0 Å². The average Bonchev–Trinajstić information content (AvgIpc) is 3.80. The summed E-state index contributed by atoms with van der Waals surface area (Å²) in [6.07, 6.45) is 0. The van der Waals surface area contributed by atoms with Crippen molar-refractivity contribution in [1.29, 1.82) is 0 Å².